The van der Waals surface area contributed by atoms with Gasteiger partial charge in [-0.15, -0.1) is 17.0 Å². The summed E-state index contributed by atoms with van der Waals surface area (Å²) >= 11 is 0. The molecule has 154 valence electrons. The number of benzene rings is 2. The monoisotopic (exact) mass is 490 g/mol. The summed E-state index contributed by atoms with van der Waals surface area (Å²) in [6.45, 7) is 0.718. The molecule has 31 heavy (non-hydrogen) atoms. The fourth-order valence-corrected chi connectivity index (χ4v) is 3.58. The number of allylic oxidation sites excluding steroid dienone is 1. The van der Waals surface area contributed by atoms with Crippen molar-refractivity contribution >= 4 is 28.5 Å². The second-order valence-electron chi connectivity index (χ2n) is 6.92. The van der Waals surface area contributed by atoms with E-state index in [1.165, 1.54) is 12.7 Å². The van der Waals surface area contributed by atoms with Gasteiger partial charge in [-0.05, 0) is 28.8 Å². The number of ketones is 1. The summed E-state index contributed by atoms with van der Waals surface area (Å²) in [5.41, 5.74) is 3.24. The molecule has 0 fully saturated rings. The largest absolute Gasteiger partial charge is 1.00 e. The fourth-order valence-electron chi connectivity index (χ4n) is 3.58. The normalized spacial score (nSPS) is 13.5. The molecule has 0 atom stereocenters. The number of ether oxygens (including phenoxy) is 2. The quantitative estimate of drug-likeness (QED) is 0.221. The Labute approximate surface area is 214 Å². The molecule has 3 aromatic rings. The molecule has 4 rings (SSSR count). The van der Waals surface area contributed by atoms with E-state index < -0.39 is 0 Å². The summed E-state index contributed by atoms with van der Waals surface area (Å²) in [5, 5.41) is 13.0. The molecular weight excluding hydrogens is 469 g/mol. The molecule has 5 nitrogen and oxygen atoms in total. The van der Waals surface area contributed by atoms with Crippen LogP contribution in [0.15, 0.2) is 72.6 Å². The number of Topliss-reactive ketones (excluding diaryl/α,β-unsaturated/α-hetero) is 1. The van der Waals surface area contributed by atoms with Crippen LogP contribution in [0, 0.1) is 0 Å². The molecule has 0 bridgehead atoms. The SMILES string of the molecule is Br.COc1cc2c(cc1OC)C(=O)/C(=C(\[O-])c1cc[n+](Cc3ccccc3)cc1)C2.[Na+]. The Balaban J connectivity index is 0.00000171. The molecule has 7 heteroatoms. The van der Waals surface area contributed by atoms with Gasteiger partial charge >= 0.3 is 29.6 Å². The average molecular weight is 491 g/mol. The Morgan fingerprint density at radius 2 is 1.61 bits per heavy atom. The van der Waals surface area contributed by atoms with E-state index in [0.717, 1.165) is 12.1 Å². The van der Waals surface area contributed by atoms with Crippen LogP contribution in [0.2, 0.25) is 0 Å². The van der Waals surface area contributed by atoms with Crippen molar-refractivity contribution in [3.63, 3.8) is 0 Å². The third-order valence-electron chi connectivity index (χ3n) is 5.13. The van der Waals surface area contributed by atoms with Crippen LogP contribution in [0.1, 0.15) is 27.0 Å². The molecule has 0 saturated carbocycles. The van der Waals surface area contributed by atoms with Gasteiger partial charge in [0.1, 0.15) is 0 Å². The first kappa shape index (κ1) is 25.1. The van der Waals surface area contributed by atoms with Crippen molar-refractivity contribution in [1.29, 1.82) is 0 Å². The van der Waals surface area contributed by atoms with Gasteiger partial charge in [-0.1, -0.05) is 36.1 Å². The van der Waals surface area contributed by atoms with Crippen LogP contribution in [-0.2, 0) is 13.0 Å². The topological polar surface area (TPSA) is 62.5 Å². The fraction of sp³-hybridized carbons (Fsp3) is 0.167. The van der Waals surface area contributed by atoms with E-state index in [4.69, 9.17) is 9.47 Å². The van der Waals surface area contributed by atoms with E-state index in [0.29, 0.717) is 29.0 Å². The van der Waals surface area contributed by atoms with Gasteiger partial charge in [-0.3, -0.25) is 4.79 Å². The van der Waals surface area contributed by atoms with E-state index in [1.807, 2.05) is 35.2 Å². The molecule has 0 N–H and O–H groups in total. The molecule has 0 spiro atoms. The van der Waals surface area contributed by atoms with Crippen LogP contribution in [0.5, 0.6) is 11.5 Å². The molecule has 1 heterocycles. The summed E-state index contributed by atoms with van der Waals surface area (Å²) in [5.74, 6) is 0.548. The second kappa shape index (κ2) is 11.0. The van der Waals surface area contributed by atoms with Crippen LogP contribution < -0.4 is 48.7 Å². The Morgan fingerprint density at radius 3 is 2.23 bits per heavy atom. The number of nitrogens with zero attached hydrogens (tertiary/aromatic N) is 1. The third-order valence-corrected chi connectivity index (χ3v) is 5.13. The number of carbonyl (C=O) groups excluding carboxylic acids is 1. The average Bonchev–Trinajstić information content (AvgIpc) is 3.09. The van der Waals surface area contributed by atoms with Gasteiger partial charge in [-0.25, -0.2) is 4.57 Å². The summed E-state index contributed by atoms with van der Waals surface area (Å²) in [7, 11) is 3.07. The maximum Gasteiger partial charge on any atom is 1.00 e. The maximum absolute atomic E-state index is 13.0. The minimum Gasteiger partial charge on any atom is -0.872 e. The number of pyridine rings is 1. The first-order valence-electron chi connectivity index (χ1n) is 9.34. The van der Waals surface area contributed by atoms with E-state index in [2.05, 4.69) is 12.1 Å². The molecule has 0 amide bonds. The van der Waals surface area contributed by atoms with E-state index >= 15 is 0 Å². The first-order chi connectivity index (χ1) is 14.1. The minimum absolute atomic E-state index is 0. The molecule has 0 unspecified atom stereocenters. The summed E-state index contributed by atoms with van der Waals surface area (Å²) in [4.78, 5) is 12.8. The molecule has 1 aromatic heterocycles. The Kier molecular flexibility index (Phi) is 8.89. The zero-order valence-corrected chi connectivity index (χ0v) is 21.5. The summed E-state index contributed by atoms with van der Waals surface area (Å²) in [6.07, 6.45) is 4.02. The van der Waals surface area contributed by atoms with Crippen molar-refractivity contribution in [2.24, 2.45) is 0 Å². The summed E-state index contributed by atoms with van der Waals surface area (Å²) in [6, 6.07) is 17.0. The number of hydrogen-bond donors (Lipinski definition) is 0. The Morgan fingerprint density at radius 1 is 1.00 bits per heavy atom. The van der Waals surface area contributed by atoms with E-state index in [9.17, 15) is 9.90 Å². The van der Waals surface area contributed by atoms with Crippen molar-refractivity contribution in [2.45, 2.75) is 13.0 Å². The predicted octanol–water partition coefficient (Wildman–Crippen LogP) is 0.132. The van der Waals surface area contributed by atoms with Gasteiger partial charge in [0.05, 0.1) is 14.2 Å². The standard InChI is InChI=1S/C24H21NO4.BrH.Na/c1-28-21-13-18-12-20(24(27)19(18)14-22(21)29-2)23(26)17-8-10-25(11-9-17)15-16-6-4-3-5-7-16;;/h3-11,13-14H,12,15H2,1-2H3;1H;/q;;+1. The van der Waals surface area contributed by atoms with Crippen molar-refractivity contribution in [1.82, 2.24) is 0 Å². The van der Waals surface area contributed by atoms with Gasteiger partial charge in [0.15, 0.2) is 36.2 Å². The number of aromatic nitrogens is 1. The molecule has 0 saturated heterocycles. The minimum atomic E-state index is -0.244. The first-order valence-corrected chi connectivity index (χ1v) is 9.34. The van der Waals surface area contributed by atoms with Gasteiger partial charge in [-0.2, -0.15) is 0 Å². The van der Waals surface area contributed by atoms with E-state index in [1.54, 1.807) is 31.4 Å². The van der Waals surface area contributed by atoms with Gasteiger partial charge in [0.2, 0.25) is 0 Å². The van der Waals surface area contributed by atoms with Crippen molar-refractivity contribution in [3.8, 4) is 11.5 Å². The number of carbonyl (C=O) groups is 1. The van der Waals surface area contributed by atoms with Crippen molar-refractivity contribution in [2.75, 3.05) is 14.2 Å². The number of fused-ring (bicyclic) bond motifs is 1. The van der Waals surface area contributed by atoms with Crippen LogP contribution in [0.4, 0.5) is 0 Å². The Bertz CT molecular complexity index is 1100. The smallest absolute Gasteiger partial charge is 0.872 e. The third kappa shape index (κ3) is 5.21. The van der Waals surface area contributed by atoms with Crippen LogP contribution in [0.3, 0.4) is 0 Å². The van der Waals surface area contributed by atoms with Crippen molar-refractivity contribution < 1.29 is 53.5 Å². The molecule has 2 aromatic carbocycles. The predicted molar refractivity (Wildman–Crippen MR) is 117 cm³/mol. The summed E-state index contributed by atoms with van der Waals surface area (Å²) < 4.78 is 12.6. The molecule has 1 aliphatic rings. The number of hydrogen-bond acceptors (Lipinski definition) is 4. The Hall–Kier alpha value is -2.12. The number of halogens is 1. The molecule has 0 aliphatic heterocycles. The zero-order chi connectivity index (χ0) is 20.4. The van der Waals surface area contributed by atoms with Crippen LogP contribution in [0.25, 0.3) is 5.76 Å². The number of methoxy groups -OCH3 is 2. The van der Waals surface area contributed by atoms with Crippen LogP contribution >= 0.6 is 17.0 Å². The number of rotatable bonds is 5. The van der Waals surface area contributed by atoms with Crippen LogP contribution in [-0.4, -0.2) is 20.0 Å². The molecule has 0 radical (unpaired) electrons. The second-order valence-corrected chi connectivity index (χ2v) is 6.92. The molecular formula is C24H22BrNNaO4+. The van der Waals surface area contributed by atoms with Gasteiger partial charge in [0.25, 0.3) is 0 Å². The molecule has 1 aliphatic carbocycles. The van der Waals surface area contributed by atoms with Crippen molar-refractivity contribution in [3.05, 3.63) is 94.8 Å². The van der Waals surface area contributed by atoms with Gasteiger partial charge in [0, 0.05) is 29.7 Å². The zero-order valence-electron chi connectivity index (χ0n) is 17.8. The maximum atomic E-state index is 13.0. The van der Waals surface area contributed by atoms with Gasteiger partial charge < -0.3 is 14.6 Å². The van der Waals surface area contributed by atoms with E-state index in [-0.39, 0.29) is 63.7 Å².